The molecule has 0 amide bonds. The predicted octanol–water partition coefficient (Wildman–Crippen LogP) is 4.87. The Morgan fingerprint density at radius 1 is 1.25 bits per heavy atom. The van der Waals surface area contributed by atoms with E-state index in [2.05, 4.69) is 31.4 Å². The highest BCUT2D eigenvalue weighted by molar-refractivity contribution is 9.10. The average molecular weight is 441 g/mol. The average Bonchev–Trinajstić information content (AvgIpc) is 2.93. The van der Waals surface area contributed by atoms with Crippen LogP contribution in [0.2, 0.25) is 0 Å². The molecular formula is C21H21BrN4O2. The van der Waals surface area contributed by atoms with Crippen LogP contribution in [0.3, 0.4) is 0 Å². The fraction of sp³-hybridized carbons (Fsp3) is 0.190. The van der Waals surface area contributed by atoms with Gasteiger partial charge in [0, 0.05) is 33.3 Å². The number of rotatable bonds is 6. The van der Waals surface area contributed by atoms with Gasteiger partial charge >= 0.3 is 5.97 Å². The summed E-state index contributed by atoms with van der Waals surface area (Å²) in [4.78, 5) is 16.8. The van der Waals surface area contributed by atoms with Crippen molar-refractivity contribution in [3.63, 3.8) is 0 Å². The molecule has 144 valence electrons. The molecule has 1 aromatic carbocycles. The van der Waals surface area contributed by atoms with Crippen molar-refractivity contribution >= 4 is 33.9 Å². The van der Waals surface area contributed by atoms with Crippen LogP contribution < -0.4 is 5.43 Å². The molecule has 7 heteroatoms. The first-order valence-corrected chi connectivity index (χ1v) is 9.67. The Hall–Kier alpha value is -2.93. The molecule has 0 spiro atoms. The standard InChI is InChI=1S/C21H21BrN4O2/c1-4-28-21(27)20-15(3)26(17-9-7-8-16(22)12-17)14(2)18(20)13-24-25-19-10-5-6-11-23-19/h5-13H,4H2,1-3H3,(H,23,25)/b24-13+. The minimum Gasteiger partial charge on any atom is -0.462 e. The molecule has 1 N–H and O–H groups in total. The van der Waals surface area contributed by atoms with E-state index in [-0.39, 0.29) is 5.97 Å². The molecule has 2 heterocycles. The Bertz CT molecular complexity index is 1010. The lowest BCUT2D eigenvalue weighted by atomic mass is 10.1. The van der Waals surface area contributed by atoms with E-state index < -0.39 is 0 Å². The SMILES string of the molecule is CCOC(=O)c1c(/C=N/Nc2ccccn2)c(C)n(-c2cccc(Br)c2)c1C. The van der Waals surface area contributed by atoms with Crippen molar-refractivity contribution in [2.45, 2.75) is 20.8 Å². The summed E-state index contributed by atoms with van der Waals surface area (Å²) in [6, 6.07) is 13.4. The number of hydrogen-bond acceptors (Lipinski definition) is 5. The smallest absolute Gasteiger partial charge is 0.340 e. The fourth-order valence-corrected chi connectivity index (χ4v) is 3.46. The highest BCUT2D eigenvalue weighted by atomic mass is 79.9. The Balaban J connectivity index is 2.06. The van der Waals surface area contributed by atoms with Crippen LogP contribution in [-0.4, -0.2) is 28.3 Å². The number of pyridine rings is 1. The number of carbonyl (C=O) groups excluding carboxylic acids is 1. The summed E-state index contributed by atoms with van der Waals surface area (Å²) in [6.07, 6.45) is 3.32. The van der Waals surface area contributed by atoms with Crippen LogP contribution in [0.4, 0.5) is 5.82 Å². The van der Waals surface area contributed by atoms with Crippen molar-refractivity contribution in [3.8, 4) is 5.69 Å². The normalized spacial score (nSPS) is 11.0. The number of halogens is 1. The molecule has 0 saturated carbocycles. The van der Waals surface area contributed by atoms with Gasteiger partial charge in [-0.25, -0.2) is 9.78 Å². The van der Waals surface area contributed by atoms with E-state index >= 15 is 0 Å². The molecule has 0 aliphatic rings. The molecule has 0 aliphatic carbocycles. The molecule has 0 aliphatic heterocycles. The number of aromatic nitrogens is 2. The fourth-order valence-electron chi connectivity index (χ4n) is 3.07. The summed E-state index contributed by atoms with van der Waals surface area (Å²) in [6.45, 7) is 5.96. The lowest BCUT2D eigenvalue weighted by Crippen LogP contribution is -2.09. The first-order valence-electron chi connectivity index (χ1n) is 8.88. The third-order valence-electron chi connectivity index (χ3n) is 4.28. The molecule has 0 saturated heterocycles. The Morgan fingerprint density at radius 2 is 2.07 bits per heavy atom. The lowest BCUT2D eigenvalue weighted by molar-refractivity contribution is 0.0525. The van der Waals surface area contributed by atoms with Gasteiger partial charge in [0.05, 0.1) is 18.4 Å². The number of nitrogens with zero attached hydrogens (tertiary/aromatic N) is 3. The largest absolute Gasteiger partial charge is 0.462 e. The highest BCUT2D eigenvalue weighted by Gasteiger charge is 2.24. The number of carbonyl (C=O) groups is 1. The van der Waals surface area contributed by atoms with E-state index in [1.54, 1.807) is 19.3 Å². The van der Waals surface area contributed by atoms with Gasteiger partial charge in [0.1, 0.15) is 5.82 Å². The highest BCUT2D eigenvalue weighted by Crippen LogP contribution is 2.27. The second kappa shape index (κ2) is 8.84. The molecule has 28 heavy (non-hydrogen) atoms. The van der Waals surface area contributed by atoms with Gasteiger partial charge in [-0.3, -0.25) is 5.43 Å². The lowest BCUT2D eigenvalue weighted by Gasteiger charge is -2.10. The topological polar surface area (TPSA) is 68.5 Å². The molecule has 2 aromatic heterocycles. The summed E-state index contributed by atoms with van der Waals surface area (Å²) in [7, 11) is 0. The summed E-state index contributed by atoms with van der Waals surface area (Å²) < 4.78 is 8.27. The van der Waals surface area contributed by atoms with E-state index in [0.717, 1.165) is 21.5 Å². The summed E-state index contributed by atoms with van der Waals surface area (Å²) in [5.74, 6) is 0.258. The van der Waals surface area contributed by atoms with Crippen LogP contribution in [0.15, 0.2) is 58.2 Å². The molecule has 0 radical (unpaired) electrons. The first kappa shape index (κ1) is 19.8. The number of hydrogen-bond donors (Lipinski definition) is 1. The van der Waals surface area contributed by atoms with Gasteiger partial charge in [-0.1, -0.05) is 28.1 Å². The number of hydrazone groups is 1. The third kappa shape index (κ3) is 4.14. The maximum atomic E-state index is 12.6. The van der Waals surface area contributed by atoms with E-state index in [1.807, 2.05) is 60.9 Å². The molecule has 3 rings (SSSR count). The van der Waals surface area contributed by atoms with Crippen LogP contribution in [0.1, 0.15) is 34.2 Å². The predicted molar refractivity (Wildman–Crippen MR) is 114 cm³/mol. The van der Waals surface area contributed by atoms with Crippen molar-refractivity contribution in [2.75, 3.05) is 12.0 Å². The van der Waals surface area contributed by atoms with Crippen LogP contribution in [0.5, 0.6) is 0 Å². The Labute approximate surface area is 172 Å². The molecule has 3 aromatic rings. The maximum absolute atomic E-state index is 12.6. The van der Waals surface area contributed by atoms with Crippen molar-refractivity contribution in [2.24, 2.45) is 5.10 Å². The zero-order valence-electron chi connectivity index (χ0n) is 15.9. The zero-order chi connectivity index (χ0) is 20.1. The van der Waals surface area contributed by atoms with Crippen LogP contribution in [-0.2, 0) is 4.74 Å². The number of anilines is 1. The monoisotopic (exact) mass is 440 g/mol. The number of nitrogens with one attached hydrogen (secondary N) is 1. The summed E-state index contributed by atoms with van der Waals surface area (Å²) >= 11 is 3.51. The van der Waals surface area contributed by atoms with Crippen LogP contribution >= 0.6 is 15.9 Å². The minimum atomic E-state index is -0.365. The second-order valence-electron chi connectivity index (χ2n) is 6.08. The Kier molecular flexibility index (Phi) is 6.26. The van der Waals surface area contributed by atoms with Gasteiger partial charge < -0.3 is 9.30 Å². The van der Waals surface area contributed by atoms with Gasteiger partial charge in [-0.15, -0.1) is 0 Å². The molecular weight excluding hydrogens is 420 g/mol. The molecule has 0 unspecified atom stereocenters. The Morgan fingerprint density at radius 3 is 2.75 bits per heavy atom. The maximum Gasteiger partial charge on any atom is 0.340 e. The van der Waals surface area contributed by atoms with Crippen molar-refractivity contribution in [1.82, 2.24) is 9.55 Å². The van der Waals surface area contributed by atoms with Crippen LogP contribution in [0, 0.1) is 13.8 Å². The van der Waals surface area contributed by atoms with Gasteiger partial charge in [-0.2, -0.15) is 5.10 Å². The van der Waals surface area contributed by atoms with Crippen molar-refractivity contribution in [3.05, 3.63) is 75.6 Å². The molecule has 0 bridgehead atoms. The van der Waals surface area contributed by atoms with Gasteiger partial charge in [-0.05, 0) is 51.1 Å². The second-order valence-corrected chi connectivity index (χ2v) is 7.00. The number of esters is 1. The van der Waals surface area contributed by atoms with Crippen LogP contribution in [0.25, 0.3) is 5.69 Å². The van der Waals surface area contributed by atoms with Gasteiger partial charge in [0.25, 0.3) is 0 Å². The molecule has 6 nitrogen and oxygen atoms in total. The van der Waals surface area contributed by atoms with Gasteiger partial charge in [0.2, 0.25) is 0 Å². The summed E-state index contributed by atoms with van der Waals surface area (Å²) in [5.41, 5.74) is 6.74. The van der Waals surface area contributed by atoms with E-state index in [9.17, 15) is 4.79 Å². The zero-order valence-corrected chi connectivity index (χ0v) is 17.5. The van der Waals surface area contributed by atoms with Gasteiger partial charge in [0.15, 0.2) is 0 Å². The number of benzene rings is 1. The minimum absolute atomic E-state index is 0.308. The van der Waals surface area contributed by atoms with Crippen molar-refractivity contribution in [1.29, 1.82) is 0 Å². The molecule has 0 fully saturated rings. The summed E-state index contributed by atoms with van der Waals surface area (Å²) in [5, 5.41) is 4.27. The molecule has 0 atom stereocenters. The quantitative estimate of drug-likeness (QED) is 0.337. The first-order chi connectivity index (χ1) is 13.5. The van der Waals surface area contributed by atoms with E-state index in [0.29, 0.717) is 23.6 Å². The number of ether oxygens (including phenoxy) is 1. The van der Waals surface area contributed by atoms with E-state index in [4.69, 9.17) is 4.74 Å². The van der Waals surface area contributed by atoms with Crippen molar-refractivity contribution < 1.29 is 9.53 Å². The van der Waals surface area contributed by atoms with E-state index in [1.165, 1.54) is 0 Å². The third-order valence-corrected chi connectivity index (χ3v) is 4.77.